The molecule has 0 aliphatic rings. The summed E-state index contributed by atoms with van der Waals surface area (Å²) in [5.41, 5.74) is 4.49. The lowest BCUT2D eigenvalue weighted by molar-refractivity contribution is 0.0846. The first-order valence-electron chi connectivity index (χ1n) is 8.60. The van der Waals surface area contributed by atoms with Gasteiger partial charge >= 0.3 is 0 Å². The first kappa shape index (κ1) is 22.5. The molecule has 0 unspecified atom stereocenters. The summed E-state index contributed by atoms with van der Waals surface area (Å²) in [6.07, 6.45) is 0. The van der Waals surface area contributed by atoms with Gasteiger partial charge in [-0.05, 0) is 54.6 Å². The van der Waals surface area contributed by atoms with Gasteiger partial charge in [0.05, 0.1) is 15.7 Å². The molecule has 0 aromatic heterocycles. The summed E-state index contributed by atoms with van der Waals surface area (Å²) in [5.74, 6) is -1.99. The lowest BCUT2D eigenvalue weighted by Crippen LogP contribution is -2.41. The molecule has 2 amide bonds. The summed E-state index contributed by atoms with van der Waals surface area (Å²) in [7, 11) is -4.17. The van der Waals surface area contributed by atoms with Crippen LogP contribution in [0, 0.1) is 5.82 Å². The molecule has 3 rings (SSSR count). The molecule has 7 nitrogen and oxygen atoms in total. The van der Waals surface area contributed by atoms with Gasteiger partial charge in [0.25, 0.3) is 21.8 Å². The van der Waals surface area contributed by atoms with Crippen molar-refractivity contribution < 1.29 is 22.4 Å². The average molecular weight is 482 g/mol. The second-order valence-electron chi connectivity index (χ2n) is 6.15. The fraction of sp³-hybridized carbons (Fsp3) is 0. The van der Waals surface area contributed by atoms with Gasteiger partial charge in [0.2, 0.25) is 0 Å². The minimum absolute atomic E-state index is 0.0802. The van der Waals surface area contributed by atoms with Crippen molar-refractivity contribution in [1.82, 2.24) is 10.9 Å². The summed E-state index contributed by atoms with van der Waals surface area (Å²) in [6, 6.07) is 14.5. The molecule has 0 bridgehead atoms. The third-order valence-electron chi connectivity index (χ3n) is 4.00. The van der Waals surface area contributed by atoms with E-state index >= 15 is 0 Å². The molecule has 0 saturated heterocycles. The van der Waals surface area contributed by atoms with Gasteiger partial charge in [-0.25, -0.2) is 12.8 Å². The predicted octanol–water partition coefficient (Wildman–Crippen LogP) is 4.01. The maximum absolute atomic E-state index is 12.9. The van der Waals surface area contributed by atoms with Crippen LogP contribution in [0.15, 0.2) is 71.6 Å². The zero-order valence-corrected chi connectivity index (χ0v) is 17.9. The van der Waals surface area contributed by atoms with Crippen molar-refractivity contribution in [3.63, 3.8) is 0 Å². The number of carbonyl (C=O) groups excluding carboxylic acids is 2. The van der Waals surface area contributed by atoms with Gasteiger partial charge in [-0.2, -0.15) is 0 Å². The molecular formula is C20H14Cl2FN3O4S. The van der Waals surface area contributed by atoms with E-state index in [2.05, 4.69) is 15.6 Å². The van der Waals surface area contributed by atoms with Crippen LogP contribution in [0.4, 0.5) is 10.1 Å². The third-order valence-corrected chi connectivity index (χ3v) is 6.17. The Morgan fingerprint density at radius 2 is 1.35 bits per heavy atom. The van der Waals surface area contributed by atoms with Crippen LogP contribution in [-0.2, 0) is 10.0 Å². The Labute approximate surface area is 187 Å². The Kier molecular flexibility index (Phi) is 6.79. The molecule has 3 aromatic carbocycles. The minimum Gasteiger partial charge on any atom is -0.278 e. The van der Waals surface area contributed by atoms with Crippen molar-refractivity contribution >= 4 is 50.7 Å². The van der Waals surface area contributed by atoms with Crippen LogP contribution in [0.3, 0.4) is 0 Å². The van der Waals surface area contributed by atoms with Crippen LogP contribution in [0.25, 0.3) is 0 Å². The molecule has 0 atom stereocenters. The smallest absolute Gasteiger partial charge is 0.269 e. The number of amides is 2. The second-order valence-corrected chi connectivity index (χ2v) is 8.61. The lowest BCUT2D eigenvalue weighted by atomic mass is 10.2. The molecule has 0 fully saturated rings. The number of anilines is 1. The standard InChI is InChI=1S/C20H14Cl2FN3O4S/c21-15-3-1-2-4-17(15)26-31(29,30)18-11-13(7-10-16(18)22)20(28)25-24-19(27)12-5-8-14(23)9-6-12/h1-11,26H,(H,24,27)(H,25,28). The van der Waals surface area contributed by atoms with Crippen LogP contribution in [0.2, 0.25) is 10.0 Å². The van der Waals surface area contributed by atoms with Crippen molar-refractivity contribution in [2.75, 3.05) is 4.72 Å². The Hall–Kier alpha value is -3.14. The fourth-order valence-corrected chi connectivity index (χ4v) is 4.30. The lowest BCUT2D eigenvalue weighted by Gasteiger charge is -2.12. The topological polar surface area (TPSA) is 104 Å². The fourth-order valence-electron chi connectivity index (χ4n) is 2.45. The SMILES string of the molecule is O=C(NNC(=O)c1ccc(Cl)c(S(=O)(=O)Nc2ccccc2Cl)c1)c1ccc(F)cc1. The minimum atomic E-state index is -4.17. The van der Waals surface area contributed by atoms with Gasteiger partial charge < -0.3 is 0 Å². The van der Waals surface area contributed by atoms with E-state index in [-0.39, 0.29) is 31.8 Å². The molecule has 0 radical (unpaired) electrons. The molecule has 31 heavy (non-hydrogen) atoms. The molecule has 11 heteroatoms. The molecule has 0 aliphatic carbocycles. The van der Waals surface area contributed by atoms with Crippen molar-refractivity contribution in [2.24, 2.45) is 0 Å². The molecule has 160 valence electrons. The predicted molar refractivity (Wildman–Crippen MR) is 115 cm³/mol. The number of sulfonamides is 1. The Morgan fingerprint density at radius 1 is 0.774 bits per heavy atom. The zero-order chi connectivity index (χ0) is 22.6. The van der Waals surface area contributed by atoms with Crippen molar-refractivity contribution in [3.05, 3.63) is 93.7 Å². The summed E-state index contributed by atoms with van der Waals surface area (Å²) in [4.78, 5) is 24.0. The van der Waals surface area contributed by atoms with Crippen molar-refractivity contribution in [2.45, 2.75) is 4.90 Å². The highest BCUT2D eigenvalue weighted by Gasteiger charge is 2.21. The van der Waals surface area contributed by atoms with Gasteiger partial charge in [-0.3, -0.25) is 25.2 Å². The molecule has 3 aromatic rings. The monoisotopic (exact) mass is 481 g/mol. The second kappa shape index (κ2) is 9.34. The summed E-state index contributed by atoms with van der Waals surface area (Å²) in [6.45, 7) is 0. The summed E-state index contributed by atoms with van der Waals surface area (Å²) >= 11 is 12.0. The van der Waals surface area contributed by atoms with E-state index in [4.69, 9.17) is 23.2 Å². The normalized spacial score (nSPS) is 10.9. The number of para-hydroxylation sites is 1. The third kappa shape index (κ3) is 5.52. The number of halogens is 3. The number of rotatable bonds is 5. The number of hydrogen-bond donors (Lipinski definition) is 3. The van der Waals surface area contributed by atoms with Crippen molar-refractivity contribution in [1.29, 1.82) is 0 Å². The summed E-state index contributed by atoms with van der Waals surface area (Å²) < 4.78 is 40.7. The van der Waals surface area contributed by atoms with E-state index in [1.54, 1.807) is 12.1 Å². The van der Waals surface area contributed by atoms with Crippen LogP contribution in [0.5, 0.6) is 0 Å². The number of nitrogens with one attached hydrogen (secondary N) is 3. The first-order chi connectivity index (χ1) is 14.7. The quantitative estimate of drug-likeness (QED) is 0.478. The number of benzene rings is 3. The molecular weight excluding hydrogens is 468 g/mol. The molecule has 3 N–H and O–H groups in total. The van der Waals surface area contributed by atoms with Crippen molar-refractivity contribution in [3.8, 4) is 0 Å². The molecule has 0 aliphatic heterocycles. The van der Waals surface area contributed by atoms with E-state index < -0.39 is 27.7 Å². The maximum atomic E-state index is 12.9. The van der Waals surface area contributed by atoms with Gasteiger partial charge in [0.15, 0.2) is 0 Å². The Bertz CT molecular complexity index is 1250. The molecule has 0 heterocycles. The average Bonchev–Trinajstić information content (AvgIpc) is 2.74. The van der Waals surface area contributed by atoms with Crippen LogP contribution in [0.1, 0.15) is 20.7 Å². The highest BCUT2D eigenvalue weighted by molar-refractivity contribution is 7.92. The van der Waals surface area contributed by atoms with E-state index in [9.17, 15) is 22.4 Å². The maximum Gasteiger partial charge on any atom is 0.269 e. The van der Waals surface area contributed by atoms with Crippen LogP contribution < -0.4 is 15.6 Å². The van der Waals surface area contributed by atoms with Crippen LogP contribution in [-0.4, -0.2) is 20.2 Å². The largest absolute Gasteiger partial charge is 0.278 e. The van der Waals surface area contributed by atoms with E-state index in [1.807, 2.05) is 0 Å². The number of hydrazine groups is 1. The Balaban J connectivity index is 1.76. The Morgan fingerprint density at radius 3 is 2.00 bits per heavy atom. The number of carbonyl (C=O) groups is 2. The first-order valence-corrected chi connectivity index (χ1v) is 10.8. The van der Waals surface area contributed by atoms with Crippen LogP contribution >= 0.6 is 23.2 Å². The number of hydrogen-bond acceptors (Lipinski definition) is 4. The van der Waals surface area contributed by atoms with E-state index in [0.717, 1.165) is 18.2 Å². The van der Waals surface area contributed by atoms with Gasteiger partial charge in [-0.15, -0.1) is 0 Å². The molecule has 0 saturated carbocycles. The van der Waals surface area contributed by atoms with E-state index in [1.165, 1.54) is 36.4 Å². The highest BCUT2D eigenvalue weighted by Crippen LogP contribution is 2.28. The van der Waals surface area contributed by atoms with Gasteiger partial charge in [-0.1, -0.05) is 35.3 Å². The zero-order valence-electron chi connectivity index (χ0n) is 15.5. The highest BCUT2D eigenvalue weighted by atomic mass is 35.5. The summed E-state index contributed by atoms with van der Waals surface area (Å²) in [5, 5.41) is 0.0612. The molecule has 0 spiro atoms. The van der Waals surface area contributed by atoms with Gasteiger partial charge in [0.1, 0.15) is 10.7 Å². The van der Waals surface area contributed by atoms with E-state index in [0.29, 0.717) is 0 Å². The van der Waals surface area contributed by atoms with Gasteiger partial charge in [0, 0.05) is 11.1 Å².